The van der Waals surface area contributed by atoms with Crippen molar-refractivity contribution >= 4 is 0 Å². The average Bonchev–Trinajstić information content (AvgIpc) is 2.19. The van der Waals surface area contributed by atoms with E-state index in [1.807, 2.05) is 13.8 Å². The summed E-state index contributed by atoms with van der Waals surface area (Å²) in [7, 11) is 0. The van der Waals surface area contributed by atoms with Crippen molar-refractivity contribution in [2.45, 2.75) is 39.6 Å². The number of nitrogens with two attached hydrogens (primary N) is 1. The van der Waals surface area contributed by atoms with Crippen molar-refractivity contribution in [3.8, 4) is 0 Å². The highest BCUT2D eigenvalue weighted by Crippen LogP contribution is 2.14. The van der Waals surface area contributed by atoms with E-state index < -0.39 is 5.97 Å². The van der Waals surface area contributed by atoms with E-state index in [0.717, 1.165) is 12.8 Å². The van der Waals surface area contributed by atoms with Crippen LogP contribution in [0.15, 0.2) is 0 Å². The minimum atomic E-state index is -1.03. The summed E-state index contributed by atoms with van der Waals surface area (Å²) < 4.78 is 16.3. The van der Waals surface area contributed by atoms with Crippen LogP contribution in [0.3, 0.4) is 0 Å². The topological polar surface area (TPSA) is 53.7 Å². The molecule has 4 heteroatoms. The van der Waals surface area contributed by atoms with Gasteiger partial charge in [0.15, 0.2) is 0 Å². The number of rotatable bonds is 9. The molecule has 0 fully saturated rings. The predicted molar refractivity (Wildman–Crippen MR) is 55.9 cm³/mol. The Labute approximate surface area is 86.7 Å². The Balaban J connectivity index is 4.03. The van der Waals surface area contributed by atoms with Crippen LogP contribution in [0, 0.1) is 0 Å². The molecular weight excluding hydrogens is 182 g/mol. The van der Waals surface area contributed by atoms with Crippen molar-refractivity contribution in [2.24, 2.45) is 5.73 Å². The molecule has 0 aromatic heterocycles. The van der Waals surface area contributed by atoms with Crippen LogP contribution in [0.5, 0.6) is 0 Å². The predicted octanol–water partition coefficient (Wildman–Crippen LogP) is 1.49. The molecule has 0 unspecified atom stereocenters. The zero-order valence-corrected chi connectivity index (χ0v) is 9.54. The number of hydrogen-bond acceptors (Lipinski definition) is 4. The molecule has 0 spiro atoms. The van der Waals surface area contributed by atoms with Gasteiger partial charge in [-0.25, -0.2) is 0 Å². The van der Waals surface area contributed by atoms with Crippen LogP contribution in [-0.4, -0.2) is 32.3 Å². The Hall–Kier alpha value is -0.160. The maximum atomic E-state index is 5.59. The maximum Gasteiger partial charge on any atom is 0.295 e. The van der Waals surface area contributed by atoms with Crippen LogP contribution in [0.2, 0.25) is 0 Å². The fraction of sp³-hybridized carbons (Fsp3) is 1.00. The quantitative estimate of drug-likeness (QED) is 0.457. The number of ether oxygens (including phenoxy) is 3. The molecule has 86 valence electrons. The molecule has 0 radical (unpaired) electrons. The molecule has 0 atom stereocenters. The van der Waals surface area contributed by atoms with Gasteiger partial charge in [0.25, 0.3) is 5.97 Å². The molecule has 0 amide bonds. The highest BCUT2D eigenvalue weighted by Gasteiger charge is 2.30. The summed E-state index contributed by atoms with van der Waals surface area (Å²) in [6, 6.07) is 0. The Morgan fingerprint density at radius 3 is 1.93 bits per heavy atom. The first kappa shape index (κ1) is 13.8. The van der Waals surface area contributed by atoms with Crippen LogP contribution in [0.25, 0.3) is 0 Å². The standard InChI is InChI=1S/C10H23NO3/c1-4-7-8-14-10(9-11,12-5-2)13-6-3/h4-9,11H2,1-3H3. The van der Waals surface area contributed by atoms with Gasteiger partial charge in [-0.1, -0.05) is 13.3 Å². The monoisotopic (exact) mass is 205 g/mol. The SMILES string of the molecule is CCCCOC(CN)(OCC)OCC. The van der Waals surface area contributed by atoms with E-state index in [0.29, 0.717) is 19.8 Å². The van der Waals surface area contributed by atoms with E-state index in [9.17, 15) is 0 Å². The molecule has 0 bridgehead atoms. The van der Waals surface area contributed by atoms with E-state index >= 15 is 0 Å². The van der Waals surface area contributed by atoms with Crippen molar-refractivity contribution in [1.82, 2.24) is 0 Å². The van der Waals surface area contributed by atoms with Gasteiger partial charge in [0.1, 0.15) is 0 Å². The Morgan fingerprint density at radius 2 is 1.57 bits per heavy atom. The summed E-state index contributed by atoms with van der Waals surface area (Å²) in [4.78, 5) is 0. The van der Waals surface area contributed by atoms with Crippen molar-refractivity contribution in [2.75, 3.05) is 26.4 Å². The lowest BCUT2D eigenvalue weighted by molar-refractivity contribution is -0.371. The van der Waals surface area contributed by atoms with Gasteiger partial charge in [-0.3, -0.25) is 0 Å². The number of hydrogen-bond donors (Lipinski definition) is 1. The Bertz CT molecular complexity index is 125. The lowest BCUT2D eigenvalue weighted by Crippen LogP contribution is -2.46. The largest absolute Gasteiger partial charge is 0.327 e. The molecule has 0 aromatic carbocycles. The number of unbranched alkanes of at least 4 members (excludes halogenated alkanes) is 1. The van der Waals surface area contributed by atoms with Crippen LogP contribution in [0.4, 0.5) is 0 Å². The third kappa shape index (κ3) is 4.91. The van der Waals surface area contributed by atoms with Crippen LogP contribution in [-0.2, 0) is 14.2 Å². The molecule has 0 aliphatic rings. The normalized spacial score (nSPS) is 12.0. The summed E-state index contributed by atoms with van der Waals surface area (Å²) in [5, 5.41) is 0. The van der Waals surface area contributed by atoms with Crippen molar-refractivity contribution < 1.29 is 14.2 Å². The van der Waals surface area contributed by atoms with Gasteiger partial charge in [0.2, 0.25) is 0 Å². The van der Waals surface area contributed by atoms with Crippen LogP contribution < -0.4 is 5.73 Å². The summed E-state index contributed by atoms with van der Waals surface area (Å²) in [6.45, 7) is 7.80. The molecule has 0 saturated heterocycles. The van der Waals surface area contributed by atoms with Gasteiger partial charge < -0.3 is 19.9 Å². The van der Waals surface area contributed by atoms with Crippen LogP contribution >= 0.6 is 0 Å². The van der Waals surface area contributed by atoms with Crippen molar-refractivity contribution in [1.29, 1.82) is 0 Å². The van der Waals surface area contributed by atoms with Gasteiger partial charge in [-0.2, -0.15) is 0 Å². The van der Waals surface area contributed by atoms with Gasteiger partial charge >= 0.3 is 0 Å². The molecule has 14 heavy (non-hydrogen) atoms. The lowest BCUT2D eigenvalue weighted by Gasteiger charge is -2.31. The van der Waals surface area contributed by atoms with Gasteiger partial charge in [-0.15, -0.1) is 0 Å². The highest BCUT2D eigenvalue weighted by molar-refractivity contribution is 4.58. The summed E-state index contributed by atoms with van der Waals surface area (Å²) in [6.07, 6.45) is 2.07. The van der Waals surface area contributed by atoms with Gasteiger partial charge in [0.05, 0.1) is 13.2 Å². The average molecular weight is 205 g/mol. The smallest absolute Gasteiger partial charge is 0.295 e. The van der Waals surface area contributed by atoms with Gasteiger partial charge in [0, 0.05) is 13.2 Å². The van der Waals surface area contributed by atoms with E-state index in [-0.39, 0.29) is 6.54 Å². The van der Waals surface area contributed by atoms with Crippen LogP contribution in [0.1, 0.15) is 33.6 Å². The lowest BCUT2D eigenvalue weighted by atomic mass is 10.4. The van der Waals surface area contributed by atoms with Gasteiger partial charge in [-0.05, 0) is 20.3 Å². The zero-order valence-electron chi connectivity index (χ0n) is 9.54. The summed E-state index contributed by atoms with van der Waals surface area (Å²) in [5.74, 6) is -1.03. The molecule has 0 rings (SSSR count). The molecule has 0 aliphatic carbocycles. The van der Waals surface area contributed by atoms with E-state index in [1.54, 1.807) is 0 Å². The molecule has 0 saturated carbocycles. The highest BCUT2D eigenvalue weighted by atomic mass is 16.9. The third-order valence-corrected chi connectivity index (χ3v) is 1.80. The minimum absolute atomic E-state index is 0.221. The summed E-state index contributed by atoms with van der Waals surface area (Å²) in [5.41, 5.74) is 5.59. The molecule has 4 nitrogen and oxygen atoms in total. The first-order valence-electron chi connectivity index (χ1n) is 5.36. The van der Waals surface area contributed by atoms with Crippen molar-refractivity contribution in [3.05, 3.63) is 0 Å². The second kappa shape index (κ2) is 8.17. The minimum Gasteiger partial charge on any atom is -0.327 e. The first-order chi connectivity index (χ1) is 6.74. The fourth-order valence-corrected chi connectivity index (χ4v) is 1.11. The third-order valence-electron chi connectivity index (χ3n) is 1.80. The summed E-state index contributed by atoms with van der Waals surface area (Å²) >= 11 is 0. The van der Waals surface area contributed by atoms with Crippen molar-refractivity contribution in [3.63, 3.8) is 0 Å². The van der Waals surface area contributed by atoms with E-state index in [4.69, 9.17) is 19.9 Å². The zero-order chi connectivity index (χ0) is 10.9. The Kier molecular flexibility index (Phi) is 8.08. The Morgan fingerprint density at radius 1 is 1.00 bits per heavy atom. The second-order valence-corrected chi connectivity index (χ2v) is 2.96. The molecule has 0 aliphatic heterocycles. The molecule has 2 N–H and O–H groups in total. The second-order valence-electron chi connectivity index (χ2n) is 2.96. The molecule has 0 heterocycles. The maximum absolute atomic E-state index is 5.59. The molecule has 0 aromatic rings. The molecular formula is C10H23NO3. The first-order valence-corrected chi connectivity index (χ1v) is 5.36. The van der Waals surface area contributed by atoms with E-state index in [2.05, 4.69) is 6.92 Å². The van der Waals surface area contributed by atoms with E-state index in [1.165, 1.54) is 0 Å². The fourth-order valence-electron chi connectivity index (χ4n) is 1.11.